The number of carbonyl (C=O) groups excluding carboxylic acids is 1. The van der Waals surface area contributed by atoms with E-state index in [4.69, 9.17) is 0 Å². The molecule has 94 valence electrons. The number of para-hydroxylation sites is 1. The fraction of sp³-hybridized carbons (Fsp3) is 0.214. The third kappa shape index (κ3) is 2.43. The van der Waals surface area contributed by atoms with Crippen LogP contribution in [0.1, 0.15) is 11.7 Å². The first kappa shape index (κ1) is 13.1. The van der Waals surface area contributed by atoms with E-state index in [1.165, 1.54) is 11.5 Å². The molecule has 1 aromatic heterocycles. The Morgan fingerprint density at radius 1 is 1.56 bits per heavy atom. The fourth-order valence-electron chi connectivity index (χ4n) is 1.97. The molecular weight excluding hydrogens is 339 g/mol. The SMILES string of the molecule is C=CC(=O)N(C)C(CI)c1cc2ccccc2[nH]1. The van der Waals surface area contributed by atoms with Gasteiger partial charge in [0.05, 0.1) is 6.04 Å². The van der Waals surface area contributed by atoms with Crippen molar-refractivity contribution in [2.45, 2.75) is 6.04 Å². The van der Waals surface area contributed by atoms with Gasteiger partial charge in [-0.05, 0) is 23.6 Å². The molecular formula is C14H15IN2O. The van der Waals surface area contributed by atoms with Gasteiger partial charge < -0.3 is 9.88 Å². The number of H-pyrrole nitrogens is 1. The predicted octanol–water partition coefficient (Wildman–Crippen LogP) is 3.29. The van der Waals surface area contributed by atoms with E-state index >= 15 is 0 Å². The van der Waals surface area contributed by atoms with Crippen molar-refractivity contribution in [3.63, 3.8) is 0 Å². The van der Waals surface area contributed by atoms with Gasteiger partial charge in [-0.15, -0.1) is 0 Å². The van der Waals surface area contributed by atoms with Crippen LogP contribution in [0, 0.1) is 0 Å². The van der Waals surface area contributed by atoms with Crippen molar-refractivity contribution in [3.05, 3.63) is 48.7 Å². The summed E-state index contributed by atoms with van der Waals surface area (Å²) in [6, 6.07) is 10.3. The van der Waals surface area contributed by atoms with E-state index in [1.54, 1.807) is 11.9 Å². The van der Waals surface area contributed by atoms with Gasteiger partial charge in [-0.2, -0.15) is 0 Å². The molecule has 0 saturated carbocycles. The lowest BCUT2D eigenvalue weighted by Crippen LogP contribution is -2.30. The van der Waals surface area contributed by atoms with E-state index in [2.05, 4.69) is 46.3 Å². The third-order valence-electron chi connectivity index (χ3n) is 3.05. The highest BCUT2D eigenvalue weighted by molar-refractivity contribution is 14.1. The van der Waals surface area contributed by atoms with E-state index in [-0.39, 0.29) is 11.9 Å². The number of nitrogens with one attached hydrogen (secondary N) is 1. The smallest absolute Gasteiger partial charge is 0.246 e. The number of fused-ring (bicyclic) bond motifs is 1. The lowest BCUT2D eigenvalue weighted by atomic mass is 10.2. The molecule has 0 aliphatic carbocycles. The lowest BCUT2D eigenvalue weighted by Gasteiger charge is -2.24. The molecule has 2 rings (SSSR count). The molecule has 1 atom stereocenters. The average Bonchev–Trinajstić information content (AvgIpc) is 2.81. The summed E-state index contributed by atoms with van der Waals surface area (Å²) in [5.74, 6) is -0.0599. The number of alkyl halides is 1. The van der Waals surface area contributed by atoms with Crippen molar-refractivity contribution in [1.82, 2.24) is 9.88 Å². The highest BCUT2D eigenvalue weighted by Crippen LogP contribution is 2.25. The first-order valence-electron chi connectivity index (χ1n) is 5.70. The second kappa shape index (κ2) is 5.56. The van der Waals surface area contributed by atoms with Crippen LogP contribution < -0.4 is 0 Å². The molecule has 18 heavy (non-hydrogen) atoms. The minimum Gasteiger partial charge on any atom is -0.357 e. The highest BCUT2D eigenvalue weighted by Gasteiger charge is 2.20. The Morgan fingerprint density at radius 2 is 2.28 bits per heavy atom. The molecule has 3 nitrogen and oxygen atoms in total. The Kier molecular flexibility index (Phi) is 4.06. The van der Waals surface area contributed by atoms with E-state index in [9.17, 15) is 4.79 Å². The molecule has 1 N–H and O–H groups in total. The number of benzene rings is 1. The number of halogens is 1. The molecule has 0 fully saturated rings. The predicted molar refractivity (Wildman–Crippen MR) is 82.9 cm³/mol. The van der Waals surface area contributed by atoms with Gasteiger partial charge in [-0.25, -0.2) is 0 Å². The first-order valence-corrected chi connectivity index (χ1v) is 7.22. The number of hydrogen-bond donors (Lipinski definition) is 1. The monoisotopic (exact) mass is 354 g/mol. The average molecular weight is 354 g/mol. The van der Waals surface area contributed by atoms with Crippen molar-refractivity contribution < 1.29 is 4.79 Å². The molecule has 1 heterocycles. The summed E-state index contributed by atoms with van der Waals surface area (Å²) in [7, 11) is 1.80. The summed E-state index contributed by atoms with van der Waals surface area (Å²) in [6.07, 6.45) is 1.35. The number of rotatable bonds is 4. The summed E-state index contributed by atoms with van der Waals surface area (Å²) in [5.41, 5.74) is 2.16. The van der Waals surface area contributed by atoms with Gasteiger partial charge in [-0.1, -0.05) is 47.4 Å². The standard InChI is InChI=1S/C14H15IN2O/c1-3-14(18)17(2)13(9-15)12-8-10-6-4-5-7-11(10)16-12/h3-8,13,16H,1,9H2,2H3. The second-order valence-corrected chi connectivity index (χ2v) is 5.02. The number of aromatic amines is 1. The Morgan fingerprint density at radius 3 is 2.89 bits per heavy atom. The largest absolute Gasteiger partial charge is 0.357 e. The Labute approximate surface area is 120 Å². The zero-order valence-electron chi connectivity index (χ0n) is 10.2. The lowest BCUT2D eigenvalue weighted by molar-refractivity contribution is -0.126. The van der Waals surface area contributed by atoms with Gasteiger partial charge in [0.25, 0.3) is 0 Å². The molecule has 4 heteroatoms. The van der Waals surface area contributed by atoms with Crippen LogP contribution in [0.2, 0.25) is 0 Å². The summed E-state index contributed by atoms with van der Waals surface area (Å²) in [4.78, 5) is 16.8. The van der Waals surface area contributed by atoms with Crippen molar-refractivity contribution in [1.29, 1.82) is 0 Å². The third-order valence-corrected chi connectivity index (χ3v) is 3.88. The Bertz CT molecular complexity index is 543. The van der Waals surface area contributed by atoms with Gasteiger partial charge in [0, 0.05) is 22.7 Å². The molecule has 0 saturated heterocycles. The normalized spacial score (nSPS) is 12.3. The van der Waals surface area contributed by atoms with Crippen LogP contribution in [0.25, 0.3) is 10.9 Å². The van der Waals surface area contributed by atoms with Crippen molar-refractivity contribution in [2.75, 3.05) is 11.5 Å². The quantitative estimate of drug-likeness (QED) is 0.511. The minimum absolute atomic E-state index is 0.0449. The molecule has 0 spiro atoms. The van der Waals surface area contributed by atoms with Crippen LogP contribution in [0.15, 0.2) is 43.0 Å². The van der Waals surface area contributed by atoms with Crippen molar-refractivity contribution >= 4 is 39.4 Å². The number of amides is 1. The van der Waals surface area contributed by atoms with Gasteiger partial charge in [0.1, 0.15) is 0 Å². The zero-order chi connectivity index (χ0) is 13.1. The molecule has 0 aliphatic rings. The van der Waals surface area contributed by atoms with Crippen LogP contribution >= 0.6 is 22.6 Å². The van der Waals surface area contributed by atoms with Gasteiger partial charge in [0.15, 0.2) is 0 Å². The van der Waals surface area contributed by atoms with Crippen molar-refractivity contribution in [2.24, 2.45) is 0 Å². The van der Waals surface area contributed by atoms with Crippen LogP contribution in [0.3, 0.4) is 0 Å². The van der Waals surface area contributed by atoms with Gasteiger partial charge in [-0.3, -0.25) is 4.79 Å². The number of hydrogen-bond acceptors (Lipinski definition) is 1. The van der Waals surface area contributed by atoms with Crippen molar-refractivity contribution in [3.8, 4) is 0 Å². The highest BCUT2D eigenvalue weighted by atomic mass is 127. The zero-order valence-corrected chi connectivity index (χ0v) is 12.3. The number of carbonyl (C=O) groups is 1. The number of nitrogens with zero attached hydrogens (tertiary/aromatic N) is 1. The topological polar surface area (TPSA) is 36.1 Å². The maximum Gasteiger partial charge on any atom is 0.246 e. The number of likely N-dealkylation sites (N-methyl/N-ethyl adjacent to an activating group) is 1. The molecule has 1 unspecified atom stereocenters. The van der Waals surface area contributed by atoms with E-state index in [1.807, 2.05) is 18.2 Å². The molecule has 1 amide bonds. The maximum atomic E-state index is 11.7. The van der Waals surface area contributed by atoms with E-state index in [0.717, 1.165) is 15.6 Å². The maximum absolute atomic E-state index is 11.7. The summed E-state index contributed by atoms with van der Waals surface area (Å²) >= 11 is 2.29. The Hall–Kier alpha value is -1.30. The molecule has 1 aromatic carbocycles. The molecule has 0 radical (unpaired) electrons. The fourth-order valence-corrected chi connectivity index (χ4v) is 3.03. The van der Waals surface area contributed by atoms with Crippen LogP contribution in [0.5, 0.6) is 0 Å². The molecule has 2 aromatic rings. The van der Waals surface area contributed by atoms with Gasteiger partial charge >= 0.3 is 0 Å². The minimum atomic E-state index is -0.0599. The Balaban J connectivity index is 2.37. The summed E-state index contributed by atoms with van der Waals surface area (Å²) < 4.78 is 0.834. The summed E-state index contributed by atoms with van der Waals surface area (Å²) in [5, 5.41) is 1.17. The molecule has 0 bridgehead atoms. The number of aromatic nitrogens is 1. The first-order chi connectivity index (χ1) is 8.67. The van der Waals surface area contributed by atoms with Gasteiger partial charge in [0.2, 0.25) is 5.91 Å². The molecule has 0 aliphatic heterocycles. The summed E-state index contributed by atoms with van der Waals surface area (Å²) in [6.45, 7) is 3.53. The second-order valence-electron chi connectivity index (χ2n) is 4.14. The van der Waals surface area contributed by atoms with Crippen LogP contribution in [-0.2, 0) is 4.79 Å². The van der Waals surface area contributed by atoms with Crippen LogP contribution in [-0.4, -0.2) is 27.3 Å². The van der Waals surface area contributed by atoms with E-state index in [0.29, 0.717) is 0 Å². The van der Waals surface area contributed by atoms with E-state index < -0.39 is 0 Å². The van der Waals surface area contributed by atoms with Crippen LogP contribution in [0.4, 0.5) is 0 Å².